The van der Waals surface area contributed by atoms with Gasteiger partial charge >= 0.3 is 0 Å². The summed E-state index contributed by atoms with van der Waals surface area (Å²) in [6.07, 6.45) is 0. The fourth-order valence-electron chi connectivity index (χ4n) is 1.98. The van der Waals surface area contributed by atoms with Gasteiger partial charge in [0.05, 0.1) is 6.54 Å². The number of rotatable bonds is 4. The van der Waals surface area contributed by atoms with Gasteiger partial charge in [0, 0.05) is 22.3 Å². The van der Waals surface area contributed by atoms with Crippen LogP contribution in [0.2, 0.25) is 0 Å². The average molecular weight is 260 g/mol. The van der Waals surface area contributed by atoms with E-state index in [0.717, 1.165) is 17.8 Å². The van der Waals surface area contributed by atoms with Crippen molar-refractivity contribution in [1.29, 1.82) is 0 Å². The molecule has 0 atom stereocenters. The third kappa shape index (κ3) is 2.85. The molecule has 2 nitrogen and oxygen atoms in total. The zero-order valence-corrected chi connectivity index (χ0v) is 12.0. The van der Waals surface area contributed by atoms with Gasteiger partial charge in [-0.3, -0.25) is 0 Å². The van der Waals surface area contributed by atoms with Crippen molar-refractivity contribution < 1.29 is 0 Å². The molecule has 0 unspecified atom stereocenters. The summed E-state index contributed by atoms with van der Waals surface area (Å²) in [4.78, 5) is 3.79. The van der Waals surface area contributed by atoms with Crippen LogP contribution in [-0.4, -0.2) is 6.04 Å². The lowest BCUT2D eigenvalue weighted by Gasteiger charge is -2.29. The molecule has 0 radical (unpaired) electrons. The van der Waals surface area contributed by atoms with Crippen molar-refractivity contribution in [3.05, 3.63) is 46.2 Å². The molecule has 3 heteroatoms. The molecule has 2 rings (SSSR count). The minimum Gasteiger partial charge on any atom is -0.399 e. The van der Waals surface area contributed by atoms with Gasteiger partial charge in [0.2, 0.25) is 0 Å². The van der Waals surface area contributed by atoms with E-state index in [1.54, 1.807) is 11.3 Å². The van der Waals surface area contributed by atoms with Crippen molar-refractivity contribution >= 4 is 22.7 Å². The number of nitrogens with two attached hydrogens (primary N) is 1. The van der Waals surface area contributed by atoms with Gasteiger partial charge in [-0.15, -0.1) is 11.3 Å². The molecule has 0 amide bonds. The second-order valence-electron chi connectivity index (χ2n) is 4.84. The van der Waals surface area contributed by atoms with Gasteiger partial charge in [-0.2, -0.15) is 0 Å². The number of nitrogens with zero attached hydrogens (tertiary/aromatic N) is 1. The molecule has 2 N–H and O–H groups in total. The van der Waals surface area contributed by atoms with Crippen LogP contribution in [0.1, 0.15) is 24.3 Å². The SMILES string of the molecule is Cc1cc(N(Cc2cccs2)C(C)C)ccc1N. The van der Waals surface area contributed by atoms with Crippen molar-refractivity contribution in [3.8, 4) is 0 Å². The second-order valence-corrected chi connectivity index (χ2v) is 5.87. The number of benzene rings is 1. The van der Waals surface area contributed by atoms with Crippen LogP contribution in [-0.2, 0) is 6.54 Å². The van der Waals surface area contributed by atoms with Gasteiger partial charge in [0.15, 0.2) is 0 Å². The Morgan fingerprint density at radius 3 is 2.61 bits per heavy atom. The zero-order chi connectivity index (χ0) is 13.1. The maximum absolute atomic E-state index is 5.88. The lowest BCUT2D eigenvalue weighted by atomic mass is 10.1. The number of hydrogen-bond acceptors (Lipinski definition) is 3. The predicted molar refractivity (Wildman–Crippen MR) is 81.2 cm³/mol. The summed E-state index contributed by atoms with van der Waals surface area (Å²) >= 11 is 1.80. The first-order chi connectivity index (χ1) is 8.58. The van der Waals surface area contributed by atoms with E-state index in [1.807, 2.05) is 6.07 Å². The molecule has 0 saturated heterocycles. The molecule has 2 aromatic rings. The van der Waals surface area contributed by atoms with E-state index in [4.69, 9.17) is 5.73 Å². The second kappa shape index (κ2) is 5.44. The van der Waals surface area contributed by atoms with Crippen LogP contribution in [0, 0.1) is 6.92 Å². The zero-order valence-electron chi connectivity index (χ0n) is 11.2. The number of hydrogen-bond donors (Lipinski definition) is 1. The van der Waals surface area contributed by atoms with Gasteiger partial charge in [0.1, 0.15) is 0 Å². The molecule has 0 aliphatic rings. The molecule has 0 bridgehead atoms. The number of anilines is 2. The Hall–Kier alpha value is -1.48. The fraction of sp³-hybridized carbons (Fsp3) is 0.333. The Morgan fingerprint density at radius 1 is 1.28 bits per heavy atom. The lowest BCUT2D eigenvalue weighted by Crippen LogP contribution is -2.29. The highest BCUT2D eigenvalue weighted by Gasteiger charge is 2.12. The molecule has 0 aliphatic carbocycles. The van der Waals surface area contributed by atoms with E-state index >= 15 is 0 Å². The summed E-state index contributed by atoms with van der Waals surface area (Å²) in [5.41, 5.74) is 9.13. The molecule has 0 aliphatic heterocycles. The minimum absolute atomic E-state index is 0.468. The Morgan fingerprint density at radius 2 is 2.06 bits per heavy atom. The Kier molecular flexibility index (Phi) is 3.92. The smallest absolute Gasteiger partial charge is 0.0525 e. The summed E-state index contributed by atoms with van der Waals surface area (Å²) in [6, 6.07) is 11.0. The van der Waals surface area contributed by atoms with Crippen LogP contribution >= 0.6 is 11.3 Å². The third-order valence-electron chi connectivity index (χ3n) is 3.11. The number of aryl methyl sites for hydroxylation is 1. The number of thiophene rings is 1. The molecular formula is C15H20N2S. The Balaban J connectivity index is 2.26. The van der Waals surface area contributed by atoms with E-state index in [-0.39, 0.29) is 0 Å². The first kappa shape index (κ1) is 13.0. The van der Waals surface area contributed by atoms with Gasteiger partial charge < -0.3 is 10.6 Å². The predicted octanol–water partition coefficient (Wildman–Crippen LogP) is 4.05. The summed E-state index contributed by atoms with van der Waals surface area (Å²) in [6.45, 7) is 7.46. The highest BCUT2D eigenvalue weighted by Crippen LogP contribution is 2.25. The van der Waals surface area contributed by atoms with E-state index < -0.39 is 0 Å². The summed E-state index contributed by atoms with van der Waals surface area (Å²) in [5.74, 6) is 0. The topological polar surface area (TPSA) is 29.3 Å². The van der Waals surface area contributed by atoms with E-state index in [2.05, 4.69) is 55.3 Å². The minimum atomic E-state index is 0.468. The molecule has 1 aromatic heterocycles. The molecule has 96 valence electrons. The highest BCUT2D eigenvalue weighted by atomic mass is 32.1. The van der Waals surface area contributed by atoms with Gasteiger partial charge in [-0.1, -0.05) is 6.07 Å². The molecule has 0 fully saturated rings. The van der Waals surface area contributed by atoms with Crippen LogP contribution in [0.3, 0.4) is 0 Å². The largest absolute Gasteiger partial charge is 0.399 e. The van der Waals surface area contributed by atoms with Crippen molar-refractivity contribution in [2.24, 2.45) is 0 Å². The van der Waals surface area contributed by atoms with Gasteiger partial charge in [-0.05, 0) is 56.0 Å². The highest BCUT2D eigenvalue weighted by molar-refractivity contribution is 7.09. The van der Waals surface area contributed by atoms with Crippen LogP contribution in [0.4, 0.5) is 11.4 Å². The average Bonchev–Trinajstić information content (AvgIpc) is 2.82. The van der Waals surface area contributed by atoms with Gasteiger partial charge in [0.25, 0.3) is 0 Å². The van der Waals surface area contributed by atoms with Crippen molar-refractivity contribution in [2.45, 2.75) is 33.4 Å². The van der Waals surface area contributed by atoms with Crippen molar-refractivity contribution in [1.82, 2.24) is 0 Å². The summed E-state index contributed by atoms with van der Waals surface area (Å²) in [5, 5.41) is 2.13. The quantitative estimate of drug-likeness (QED) is 0.840. The van der Waals surface area contributed by atoms with Crippen molar-refractivity contribution in [3.63, 3.8) is 0 Å². The fourth-order valence-corrected chi connectivity index (χ4v) is 2.68. The molecule has 1 heterocycles. The normalized spacial score (nSPS) is 10.9. The first-order valence-electron chi connectivity index (χ1n) is 6.23. The summed E-state index contributed by atoms with van der Waals surface area (Å²) in [7, 11) is 0. The van der Waals surface area contributed by atoms with E-state index in [9.17, 15) is 0 Å². The molecule has 0 saturated carbocycles. The maximum atomic E-state index is 5.88. The number of nitrogen functional groups attached to an aromatic ring is 1. The first-order valence-corrected chi connectivity index (χ1v) is 7.11. The monoisotopic (exact) mass is 260 g/mol. The summed E-state index contributed by atoms with van der Waals surface area (Å²) < 4.78 is 0. The molecule has 18 heavy (non-hydrogen) atoms. The lowest BCUT2D eigenvalue weighted by molar-refractivity contribution is 0.687. The van der Waals surface area contributed by atoms with E-state index in [0.29, 0.717) is 6.04 Å². The molecule has 1 aromatic carbocycles. The van der Waals surface area contributed by atoms with Crippen molar-refractivity contribution in [2.75, 3.05) is 10.6 Å². The van der Waals surface area contributed by atoms with Crippen LogP contribution in [0.5, 0.6) is 0 Å². The van der Waals surface area contributed by atoms with Crippen LogP contribution in [0.15, 0.2) is 35.7 Å². The standard InChI is InChI=1S/C15H20N2S/c1-11(2)17(10-14-5-4-8-18-14)13-6-7-15(16)12(3)9-13/h4-9,11H,10,16H2,1-3H3. The van der Waals surface area contributed by atoms with E-state index in [1.165, 1.54) is 10.6 Å². The Bertz CT molecular complexity index is 503. The van der Waals surface area contributed by atoms with Crippen LogP contribution in [0.25, 0.3) is 0 Å². The van der Waals surface area contributed by atoms with Crippen LogP contribution < -0.4 is 10.6 Å². The Labute approximate surface area is 113 Å². The molecular weight excluding hydrogens is 240 g/mol. The van der Waals surface area contributed by atoms with Gasteiger partial charge in [-0.25, -0.2) is 0 Å². The maximum Gasteiger partial charge on any atom is 0.0525 e. The third-order valence-corrected chi connectivity index (χ3v) is 3.98. The molecule has 0 spiro atoms.